The molecule has 0 aliphatic heterocycles. The Morgan fingerprint density at radius 1 is 1.57 bits per heavy atom. The van der Waals surface area contributed by atoms with E-state index in [-0.39, 0.29) is 0 Å². The molecule has 0 fully saturated rings. The highest BCUT2D eigenvalue weighted by molar-refractivity contribution is 9.08. The minimum absolute atomic E-state index is 1.69. The van der Waals surface area contributed by atoms with E-state index < -0.39 is 0 Å². The van der Waals surface area contributed by atoms with E-state index in [4.69, 9.17) is 0 Å². The molecule has 1 N–H and O–H groups in total. The van der Waals surface area contributed by atoms with Crippen LogP contribution in [0.2, 0.25) is 0 Å². The molecule has 0 saturated carbocycles. The molecule has 0 bridgehead atoms. The molecule has 0 amide bonds. The predicted octanol–water partition coefficient (Wildman–Crippen LogP) is 1.42. The highest BCUT2D eigenvalue weighted by Gasteiger charge is 1.56. The van der Waals surface area contributed by atoms with Crippen LogP contribution in [0.5, 0.6) is 0 Å². The lowest BCUT2D eigenvalue weighted by atomic mass is 10.8. The Morgan fingerprint density at radius 2 is 2.29 bits per heavy atom. The van der Waals surface area contributed by atoms with Crippen LogP contribution < -0.4 is 0 Å². The van der Waals surface area contributed by atoms with Gasteiger partial charge in [-0.25, -0.2) is 0 Å². The van der Waals surface area contributed by atoms with Crippen molar-refractivity contribution in [3.05, 3.63) is 18.5 Å². The smallest absolute Gasteiger partial charge is 0.0487 e. The Kier molecular flexibility index (Phi) is 5.44. The van der Waals surface area contributed by atoms with Crippen LogP contribution in [-0.4, -0.2) is 16.0 Å². The molecule has 0 aliphatic carbocycles. The Balaban J connectivity index is 0.000000162. The second-order valence-corrected chi connectivity index (χ2v) is 0.766. The quantitative estimate of drug-likeness (QED) is 0.575. The summed E-state index contributed by atoms with van der Waals surface area (Å²) in [5, 5.41) is 6.21. The third kappa shape index (κ3) is 3.52. The number of nitrogens with zero attached hydrogens (tertiary/aromatic N) is 1. The number of alkyl halides is 1. The van der Waals surface area contributed by atoms with E-state index in [9.17, 15) is 0 Å². The van der Waals surface area contributed by atoms with Crippen molar-refractivity contribution in [2.75, 3.05) is 5.83 Å². The molecular formula is C4H7BrN2. The molecule has 40 valence electrons. The first-order chi connectivity index (χ1) is 3.50. The van der Waals surface area contributed by atoms with Crippen molar-refractivity contribution in [2.24, 2.45) is 0 Å². The Morgan fingerprint density at radius 3 is 2.43 bits per heavy atom. The van der Waals surface area contributed by atoms with Gasteiger partial charge < -0.3 is 0 Å². The number of nitrogens with one attached hydrogen (secondary N) is 1. The standard InChI is InChI=1S/C3H4N2.CH3Br/c1-2-4-5-3-1;1-2/h1-3H,(H,4,5);1H3. The van der Waals surface area contributed by atoms with Gasteiger partial charge in [0.25, 0.3) is 0 Å². The second-order valence-electron chi connectivity index (χ2n) is 0.766. The van der Waals surface area contributed by atoms with Crippen LogP contribution in [0.25, 0.3) is 0 Å². The molecule has 1 rings (SSSR count). The van der Waals surface area contributed by atoms with Gasteiger partial charge in [0.15, 0.2) is 0 Å². The molecule has 0 atom stereocenters. The average Bonchev–Trinajstić information content (AvgIpc) is 2.23. The maximum absolute atomic E-state index is 3.60. The fourth-order valence-corrected chi connectivity index (χ4v) is 0.215. The topological polar surface area (TPSA) is 28.7 Å². The van der Waals surface area contributed by atoms with Gasteiger partial charge in [-0.1, -0.05) is 15.9 Å². The van der Waals surface area contributed by atoms with Crippen LogP contribution in [0.4, 0.5) is 0 Å². The maximum atomic E-state index is 3.60. The summed E-state index contributed by atoms with van der Waals surface area (Å²) in [6.45, 7) is 0. The van der Waals surface area contributed by atoms with Crippen LogP contribution in [-0.2, 0) is 0 Å². The van der Waals surface area contributed by atoms with E-state index in [1.807, 2.05) is 11.9 Å². The van der Waals surface area contributed by atoms with Gasteiger partial charge in [0.2, 0.25) is 0 Å². The Bertz CT molecular complexity index is 66.2. The Labute approximate surface area is 51.1 Å². The van der Waals surface area contributed by atoms with Crippen molar-refractivity contribution in [2.45, 2.75) is 0 Å². The summed E-state index contributed by atoms with van der Waals surface area (Å²) in [4.78, 5) is 0. The molecule has 1 aromatic rings. The molecule has 7 heavy (non-hydrogen) atoms. The highest BCUT2D eigenvalue weighted by Crippen LogP contribution is 1.64. The van der Waals surface area contributed by atoms with Gasteiger partial charge in [-0.05, 0) is 11.9 Å². The fraction of sp³-hybridized carbons (Fsp3) is 0.250. The van der Waals surface area contributed by atoms with Gasteiger partial charge in [-0.3, -0.25) is 5.10 Å². The molecule has 1 heterocycles. The lowest BCUT2D eigenvalue weighted by Crippen LogP contribution is -1.53. The van der Waals surface area contributed by atoms with Gasteiger partial charge in [0.1, 0.15) is 0 Å². The molecular weight excluding hydrogens is 156 g/mol. The summed E-state index contributed by atoms with van der Waals surface area (Å²) in [5.74, 6) is 1.81. The number of halogens is 1. The van der Waals surface area contributed by atoms with Crippen molar-refractivity contribution in [3.63, 3.8) is 0 Å². The van der Waals surface area contributed by atoms with Gasteiger partial charge in [0.05, 0.1) is 0 Å². The Hall–Kier alpha value is -0.310. The van der Waals surface area contributed by atoms with E-state index in [0.717, 1.165) is 0 Å². The fourth-order valence-electron chi connectivity index (χ4n) is 0.215. The van der Waals surface area contributed by atoms with Crippen molar-refractivity contribution < 1.29 is 0 Å². The minimum Gasteiger partial charge on any atom is -0.286 e. The van der Waals surface area contributed by atoms with Gasteiger partial charge >= 0.3 is 0 Å². The summed E-state index contributed by atoms with van der Waals surface area (Å²) in [5.41, 5.74) is 0. The molecule has 0 radical (unpaired) electrons. The predicted molar refractivity (Wildman–Crippen MR) is 33.4 cm³/mol. The second kappa shape index (κ2) is 5.69. The molecule has 0 spiro atoms. The first-order valence-corrected chi connectivity index (χ1v) is 3.40. The highest BCUT2D eigenvalue weighted by atomic mass is 79.9. The van der Waals surface area contributed by atoms with Gasteiger partial charge in [-0.2, -0.15) is 5.10 Å². The summed E-state index contributed by atoms with van der Waals surface area (Å²) < 4.78 is 0. The minimum atomic E-state index is 1.69. The zero-order chi connectivity index (χ0) is 5.54. The number of hydrogen-bond donors (Lipinski definition) is 1. The van der Waals surface area contributed by atoms with Crippen LogP contribution in [0.15, 0.2) is 18.5 Å². The SMILES string of the molecule is CBr.c1cn[nH]c1. The lowest BCUT2D eigenvalue weighted by molar-refractivity contribution is 1.09. The van der Waals surface area contributed by atoms with Gasteiger partial charge in [-0.15, -0.1) is 0 Å². The van der Waals surface area contributed by atoms with Gasteiger partial charge in [0, 0.05) is 12.4 Å². The maximum Gasteiger partial charge on any atom is 0.0487 e. The molecule has 3 heteroatoms. The van der Waals surface area contributed by atoms with Crippen molar-refractivity contribution in [1.29, 1.82) is 0 Å². The number of H-pyrrole nitrogens is 1. The molecule has 0 unspecified atom stereocenters. The number of aromatic nitrogens is 2. The molecule has 1 aromatic heterocycles. The molecule has 2 nitrogen and oxygen atoms in total. The zero-order valence-corrected chi connectivity index (χ0v) is 5.64. The number of aromatic amines is 1. The molecule has 0 saturated heterocycles. The third-order valence-corrected chi connectivity index (χ3v) is 0.406. The molecule has 0 aromatic carbocycles. The zero-order valence-electron chi connectivity index (χ0n) is 4.06. The lowest BCUT2D eigenvalue weighted by Gasteiger charge is -1.49. The largest absolute Gasteiger partial charge is 0.286 e. The summed E-state index contributed by atoms with van der Waals surface area (Å²) in [6.07, 6.45) is 3.46. The normalized spacial score (nSPS) is 6.57. The average molecular weight is 163 g/mol. The van der Waals surface area contributed by atoms with Crippen molar-refractivity contribution in [1.82, 2.24) is 10.2 Å². The van der Waals surface area contributed by atoms with Crippen molar-refractivity contribution in [3.8, 4) is 0 Å². The van der Waals surface area contributed by atoms with E-state index >= 15 is 0 Å². The first-order valence-electron chi connectivity index (χ1n) is 1.82. The van der Waals surface area contributed by atoms with Crippen LogP contribution >= 0.6 is 15.9 Å². The van der Waals surface area contributed by atoms with Crippen molar-refractivity contribution >= 4 is 15.9 Å². The summed E-state index contributed by atoms with van der Waals surface area (Å²) in [7, 11) is 0. The van der Waals surface area contributed by atoms with E-state index in [0.29, 0.717) is 0 Å². The van der Waals surface area contributed by atoms with Crippen LogP contribution in [0.1, 0.15) is 0 Å². The van der Waals surface area contributed by atoms with Crippen LogP contribution in [0.3, 0.4) is 0 Å². The molecule has 0 aliphatic rings. The first kappa shape index (κ1) is 6.69. The van der Waals surface area contributed by atoms with E-state index in [2.05, 4.69) is 26.1 Å². The number of rotatable bonds is 0. The van der Waals surface area contributed by atoms with Crippen LogP contribution in [0, 0.1) is 0 Å². The summed E-state index contributed by atoms with van der Waals surface area (Å²) >= 11 is 2.94. The summed E-state index contributed by atoms with van der Waals surface area (Å²) in [6, 6.07) is 1.83. The monoisotopic (exact) mass is 162 g/mol. The number of hydrogen-bond acceptors (Lipinski definition) is 1. The van der Waals surface area contributed by atoms with E-state index in [1.54, 1.807) is 12.4 Å². The van der Waals surface area contributed by atoms with E-state index in [1.165, 1.54) is 0 Å². The third-order valence-electron chi connectivity index (χ3n) is 0.406.